The van der Waals surface area contributed by atoms with E-state index >= 15 is 0 Å². The Bertz CT molecular complexity index is 647. The highest BCUT2D eigenvalue weighted by Crippen LogP contribution is 2.23. The fourth-order valence-electron chi connectivity index (χ4n) is 1.94. The molecule has 4 nitrogen and oxygen atoms in total. The minimum absolute atomic E-state index is 0.0486. The van der Waals surface area contributed by atoms with Crippen molar-refractivity contribution < 1.29 is 4.92 Å². The Hall–Kier alpha value is -1.43. The number of halogens is 2. The molecule has 0 fully saturated rings. The van der Waals surface area contributed by atoms with Crippen molar-refractivity contribution in [1.29, 1.82) is 0 Å². The molecule has 1 atom stereocenters. The van der Waals surface area contributed by atoms with Crippen LogP contribution in [0.2, 0.25) is 5.02 Å². The first-order valence-corrected chi connectivity index (χ1v) is 7.56. The van der Waals surface area contributed by atoms with Gasteiger partial charge in [0.15, 0.2) is 0 Å². The number of benzene rings is 2. The van der Waals surface area contributed by atoms with E-state index in [0.717, 1.165) is 15.6 Å². The second-order valence-corrected chi connectivity index (χ2v) is 6.01. The van der Waals surface area contributed by atoms with Crippen molar-refractivity contribution in [2.45, 2.75) is 19.5 Å². The molecule has 0 radical (unpaired) electrons. The Morgan fingerprint density at radius 3 is 2.57 bits per heavy atom. The van der Waals surface area contributed by atoms with Gasteiger partial charge >= 0.3 is 0 Å². The van der Waals surface area contributed by atoms with Crippen LogP contribution in [0, 0.1) is 10.1 Å². The molecule has 0 spiro atoms. The zero-order chi connectivity index (χ0) is 15.4. The minimum Gasteiger partial charge on any atom is -0.306 e. The quantitative estimate of drug-likeness (QED) is 0.605. The molecular weight excluding hydrogens is 356 g/mol. The monoisotopic (exact) mass is 368 g/mol. The molecule has 2 rings (SSSR count). The predicted octanol–water partition coefficient (Wildman–Crippen LogP) is 4.86. The van der Waals surface area contributed by atoms with E-state index in [1.54, 1.807) is 6.07 Å². The van der Waals surface area contributed by atoms with Gasteiger partial charge in [-0.1, -0.05) is 39.7 Å². The van der Waals surface area contributed by atoms with Gasteiger partial charge in [-0.3, -0.25) is 10.1 Å². The van der Waals surface area contributed by atoms with Crippen molar-refractivity contribution in [3.8, 4) is 0 Å². The summed E-state index contributed by atoms with van der Waals surface area (Å²) in [6.07, 6.45) is 0. The number of non-ortho nitro benzene ring substituents is 1. The second kappa shape index (κ2) is 7.02. The summed E-state index contributed by atoms with van der Waals surface area (Å²) in [5, 5.41) is 14.6. The molecule has 0 unspecified atom stereocenters. The molecule has 0 amide bonds. The molecule has 0 heterocycles. The highest BCUT2D eigenvalue weighted by molar-refractivity contribution is 9.10. The van der Waals surface area contributed by atoms with Crippen LogP contribution >= 0.6 is 27.5 Å². The average molecular weight is 370 g/mol. The molecule has 6 heteroatoms. The maximum absolute atomic E-state index is 10.8. The summed E-state index contributed by atoms with van der Waals surface area (Å²) < 4.78 is 1.03. The third-order valence-electron chi connectivity index (χ3n) is 3.21. The summed E-state index contributed by atoms with van der Waals surface area (Å²) in [5.41, 5.74) is 1.90. The summed E-state index contributed by atoms with van der Waals surface area (Å²) in [7, 11) is 0. The number of rotatable bonds is 5. The van der Waals surface area contributed by atoms with E-state index in [1.165, 1.54) is 12.1 Å². The molecule has 2 aromatic rings. The van der Waals surface area contributed by atoms with Crippen molar-refractivity contribution >= 4 is 33.2 Å². The van der Waals surface area contributed by atoms with Crippen LogP contribution < -0.4 is 5.32 Å². The SMILES string of the molecule is C[C@H](NCc1cc([N+](=O)[O-])ccc1Cl)c1ccc(Br)cc1. The standard InChI is InChI=1S/C15H14BrClN2O2/c1-10(11-2-4-13(16)5-3-11)18-9-12-8-14(19(20)21)6-7-15(12)17/h2-8,10,18H,9H2,1H3/t10-/m0/s1. The fourth-order valence-corrected chi connectivity index (χ4v) is 2.39. The average Bonchev–Trinajstić information content (AvgIpc) is 2.46. The van der Waals surface area contributed by atoms with E-state index in [0.29, 0.717) is 11.6 Å². The molecular formula is C15H14BrClN2O2. The number of nitro benzene ring substituents is 1. The van der Waals surface area contributed by atoms with E-state index in [2.05, 4.69) is 21.2 Å². The maximum atomic E-state index is 10.8. The number of hydrogen-bond donors (Lipinski definition) is 1. The van der Waals surface area contributed by atoms with Crippen molar-refractivity contribution in [2.24, 2.45) is 0 Å². The van der Waals surface area contributed by atoms with Gasteiger partial charge in [0.25, 0.3) is 5.69 Å². The number of nitro groups is 1. The van der Waals surface area contributed by atoms with Gasteiger partial charge < -0.3 is 5.32 Å². The van der Waals surface area contributed by atoms with E-state index in [1.807, 2.05) is 31.2 Å². The topological polar surface area (TPSA) is 55.2 Å². The Balaban J connectivity index is 2.07. The molecule has 0 aromatic heterocycles. The predicted molar refractivity (Wildman–Crippen MR) is 87.5 cm³/mol. The largest absolute Gasteiger partial charge is 0.306 e. The Morgan fingerprint density at radius 1 is 1.29 bits per heavy atom. The highest BCUT2D eigenvalue weighted by atomic mass is 79.9. The van der Waals surface area contributed by atoms with Gasteiger partial charge in [0.05, 0.1) is 4.92 Å². The third kappa shape index (κ3) is 4.27. The Morgan fingerprint density at radius 2 is 1.95 bits per heavy atom. The van der Waals surface area contributed by atoms with Crippen LogP contribution in [0.15, 0.2) is 46.9 Å². The van der Waals surface area contributed by atoms with Gasteiger partial charge in [0.2, 0.25) is 0 Å². The van der Waals surface area contributed by atoms with E-state index in [9.17, 15) is 10.1 Å². The van der Waals surface area contributed by atoms with Crippen LogP contribution in [0.1, 0.15) is 24.1 Å². The number of nitrogens with zero attached hydrogens (tertiary/aromatic N) is 1. The van der Waals surface area contributed by atoms with Crippen molar-refractivity contribution in [3.05, 3.63) is 73.2 Å². The summed E-state index contributed by atoms with van der Waals surface area (Å²) in [6, 6.07) is 12.6. The van der Waals surface area contributed by atoms with Gasteiger partial charge in [0.1, 0.15) is 0 Å². The summed E-state index contributed by atoms with van der Waals surface area (Å²) in [4.78, 5) is 10.4. The van der Waals surface area contributed by atoms with Crippen molar-refractivity contribution in [1.82, 2.24) is 5.32 Å². The molecule has 0 aliphatic heterocycles. The lowest BCUT2D eigenvalue weighted by Crippen LogP contribution is -2.18. The molecule has 110 valence electrons. The molecule has 0 aliphatic carbocycles. The number of nitrogens with one attached hydrogen (secondary N) is 1. The fraction of sp³-hybridized carbons (Fsp3) is 0.200. The molecule has 0 bridgehead atoms. The lowest BCUT2D eigenvalue weighted by Gasteiger charge is -2.15. The molecule has 1 N–H and O–H groups in total. The van der Waals surface area contributed by atoms with Gasteiger partial charge in [-0.15, -0.1) is 0 Å². The van der Waals surface area contributed by atoms with E-state index in [4.69, 9.17) is 11.6 Å². The van der Waals surface area contributed by atoms with Crippen LogP contribution in [0.25, 0.3) is 0 Å². The van der Waals surface area contributed by atoms with Gasteiger partial charge in [-0.25, -0.2) is 0 Å². The second-order valence-electron chi connectivity index (χ2n) is 4.69. The van der Waals surface area contributed by atoms with Crippen LogP contribution in [-0.2, 0) is 6.54 Å². The molecule has 0 aliphatic rings. The summed E-state index contributed by atoms with van der Waals surface area (Å²) in [5.74, 6) is 0. The van der Waals surface area contributed by atoms with Crippen LogP contribution in [0.3, 0.4) is 0 Å². The smallest absolute Gasteiger partial charge is 0.269 e. The van der Waals surface area contributed by atoms with Crippen LogP contribution in [0.4, 0.5) is 5.69 Å². The zero-order valence-corrected chi connectivity index (χ0v) is 13.7. The lowest BCUT2D eigenvalue weighted by atomic mass is 10.1. The molecule has 0 saturated carbocycles. The molecule has 0 saturated heterocycles. The minimum atomic E-state index is -0.419. The first-order chi connectivity index (χ1) is 9.97. The molecule has 21 heavy (non-hydrogen) atoms. The maximum Gasteiger partial charge on any atom is 0.269 e. The lowest BCUT2D eigenvalue weighted by molar-refractivity contribution is -0.384. The van der Waals surface area contributed by atoms with Gasteiger partial charge in [-0.05, 0) is 36.2 Å². The zero-order valence-electron chi connectivity index (χ0n) is 11.3. The van der Waals surface area contributed by atoms with Crippen molar-refractivity contribution in [2.75, 3.05) is 0 Å². The number of hydrogen-bond acceptors (Lipinski definition) is 3. The van der Waals surface area contributed by atoms with Gasteiger partial charge in [0, 0.05) is 34.2 Å². The van der Waals surface area contributed by atoms with Crippen molar-refractivity contribution in [3.63, 3.8) is 0 Å². The molecule has 2 aromatic carbocycles. The Kier molecular flexibility index (Phi) is 5.33. The first-order valence-electron chi connectivity index (χ1n) is 6.39. The highest BCUT2D eigenvalue weighted by Gasteiger charge is 2.11. The summed E-state index contributed by atoms with van der Waals surface area (Å²) in [6.45, 7) is 2.51. The van der Waals surface area contributed by atoms with E-state index < -0.39 is 4.92 Å². The van der Waals surface area contributed by atoms with Gasteiger partial charge in [-0.2, -0.15) is 0 Å². The third-order valence-corrected chi connectivity index (χ3v) is 4.11. The normalized spacial score (nSPS) is 12.1. The van der Waals surface area contributed by atoms with E-state index in [-0.39, 0.29) is 11.7 Å². The van der Waals surface area contributed by atoms with Crippen LogP contribution in [0.5, 0.6) is 0 Å². The first kappa shape index (κ1) is 15.9. The van der Waals surface area contributed by atoms with Crippen LogP contribution in [-0.4, -0.2) is 4.92 Å². The Labute approximate surface area is 136 Å². The summed E-state index contributed by atoms with van der Waals surface area (Å²) >= 11 is 9.48.